The summed E-state index contributed by atoms with van der Waals surface area (Å²) >= 11 is 0. The van der Waals surface area contributed by atoms with Gasteiger partial charge in [0, 0.05) is 63.8 Å². The van der Waals surface area contributed by atoms with E-state index in [1.54, 1.807) is 24.3 Å². The quantitative estimate of drug-likeness (QED) is 0.359. The van der Waals surface area contributed by atoms with E-state index >= 15 is 4.39 Å². The van der Waals surface area contributed by atoms with Gasteiger partial charge in [0.2, 0.25) is 5.67 Å². The molecule has 3 aliphatic rings. The smallest absolute Gasteiger partial charge is 0.416 e. The van der Waals surface area contributed by atoms with Gasteiger partial charge < -0.3 is 19.6 Å². The molecule has 8 nitrogen and oxygen atoms in total. The number of halogens is 4. The molecule has 2 aromatic carbocycles. The fourth-order valence-corrected chi connectivity index (χ4v) is 7.17. The van der Waals surface area contributed by atoms with Crippen molar-refractivity contribution >= 4 is 23.3 Å². The fourth-order valence-electron chi connectivity index (χ4n) is 7.17. The molecule has 3 aliphatic heterocycles. The molecule has 250 valence electrons. The van der Waals surface area contributed by atoms with Crippen molar-refractivity contribution in [2.45, 2.75) is 62.7 Å². The molecule has 2 atom stereocenters. The number of hydrogen-bond acceptors (Lipinski definition) is 6. The maximum Gasteiger partial charge on any atom is 0.416 e. The molecule has 1 unspecified atom stereocenters. The molecule has 0 aliphatic carbocycles. The first-order valence-electron chi connectivity index (χ1n) is 15.8. The monoisotopic (exact) mass is 647 g/mol. The van der Waals surface area contributed by atoms with Crippen molar-refractivity contribution in [2.75, 3.05) is 57.8 Å². The summed E-state index contributed by atoms with van der Waals surface area (Å²) in [7, 11) is 1.54. The van der Waals surface area contributed by atoms with E-state index in [0.29, 0.717) is 62.3 Å². The number of amides is 1. The van der Waals surface area contributed by atoms with E-state index in [1.807, 2.05) is 9.80 Å². The van der Waals surface area contributed by atoms with Crippen LogP contribution in [-0.4, -0.2) is 91.2 Å². The molecule has 0 saturated carbocycles. The number of ether oxygens (including phenoxy) is 1. The van der Waals surface area contributed by atoms with Crippen molar-refractivity contribution in [3.63, 3.8) is 0 Å². The number of benzene rings is 2. The molecule has 0 radical (unpaired) electrons. The van der Waals surface area contributed by atoms with Gasteiger partial charge >= 0.3 is 12.1 Å². The van der Waals surface area contributed by atoms with Gasteiger partial charge in [0.15, 0.2) is 0 Å². The Morgan fingerprint density at radius 2 is 1.63 bits per heavy atom. The van der Waals surface area contributed by atoms with Crippen LogP contribution in [0.15, 0.2) is 42.5 Å². The predicted octanol–water partition coefficient (Wildman–Crippen LogP) is 5.51. The maximum atomic E-state index is 17.1. The number of nitrogens with zero attached hydrogens (tertiary/aromatic N) is 3. The second-order valence-electron chi connectivity index (χ2n) is 12.8. The summed E-state index contributed by atoms with van der Waals surface area (Å²) in [6.45, 7) is 3.15. The van der Waals surface area contributed by atoms with E-state index in [2.05, 4.69) is 0 Å². The molecule has 1 amide bonds. The van der Waals surface area contributed by atoms with Gasteiger partial charge in [0.1, 0.15) is 11.5 Å². The first-order valence-corrected chi connectivity index (χ1v) is 15.8. The maximum absolute atomic E-state index is 17.1. The van der Waals surface area contributed by atoms with Crippen LogP contribution in [0, 0.1) is 5.92 Å². The highest BCUT2D eigenvalue weighted by atomic mass is 19.4. The number of carboxylic acid groups (broad SMARTS) is 1. The van der Waals surface area contributed by atoms with Crippen molar-refractivity contribution in [3.05, 3.63) is 59.2 Å². The highest BCUT2D eigenvalue weighted by Gasteiger charge is 2.55. The van der Waals surface area contributed by atoms with Crippen LogP contribution in [0.2, 0.25) is 0 Å². The van der Waals surface area contributed by atoms with Crippen LogP contribution in [0.1, 0.15) is 67.6 Å². The third kappa shape index (κ3) is 7.16. The van der Waals surface area contributed by atoms with Crippen molar-refractivity contribution in [2.24, 2.45) is 5.92 Å². The molecule has 3 saturated heterocycles. The summed E-state index contributed by atoms with van der Waals surface area (Å²) in [4.78, 5) is 42.3. The van der Waals surface area contributed by atoms with Gasteiger partial charge in [-0.1, -0.05) is 18.2 Å². The third-order valence-corrected chi connectivity index (χ3v) is 9.87. The average Bonchev–Trinajstić information content (AvgIpc) is 3.40. The van der Waals surface area contributed by atoms with Crippen LogP contribution in [0.3, 0.4) is 0 Å². The number of anilines is 1. The summed E-state index contributed by atoms with van der Waals surface area (Å²) in [5, 5.41) is 9.39. The van der Waals surface area contributed by atoms with Crippen molar-refractivity contribution < 1.29 is 41.8 Å². The number of ketones is 1. The number of carboxylic acids is 1. The molecule has 2 aromatic rings. The molecule has 0 spiro atoms. The number of carbonyl (C=O) groups excluding carboxylic acids is 2. The molecule has 3 fully saturated rings. The van der Waals surface area contributed by atoms with Crippen molar-refractivity contribution in [1.82, 2.24) is 9.80 Å². The molecule has 0 aromatic heterocycles. The first-order chi connectivity index (χ1) is 21.8. The summed E-state index contributed by atoms with van der Waals surface area (Å²) in [5.74, 6) is -2.33. The Morgan fingerprint density at radius 1 is 0.978 bits per heavy atom. The SMILES string of the molecule is COc1ccc(C2CN(CCC(C)=O)C[C@@]2(F)C(=O)N2CCC(c3ccc(C(F)(F)F)cc3N3CCC(C(=O)O)CC3)CC2)cc1. The summed E-state index contributed by atoms with van der Waals surface area (Å²) in [6, 6.07) is 10.7. The molecule has 5 rings (SSSR count). The van der Waals surface area contributed by atoms with E-state index in [9.17, 15) is 32.7 Å². The van der Waals surface area contributed by atoms with Crippen LogP contribution in [0.25, 0.3) is 0 Å². The number of Topliss-reactive ketones (excluding diaryl/α,β-unsaturated/α-hetero) is 1. The van der Waals surface area contributed by atoms with E-state index in [1.165, 1.54) is 25.0 Å². The lowest BCUT2D eigenvalue weighted by Crippen LogP contribution is -2.52. The van der Waals surface area contributed by atoms with Gasteiger partial charge in [0.25, 0.3) is 5.91 Å². The zero-order valence-corrected chi connectivity index (χ0v) is 26.2. The zero-order chi connectivity index (χ0) is 33.2. The molecular weight excluding hydrogens is 606 g/mol. The molecule has 1 N–H and O–H groups in total. The Morgan fingerprint density at radius 3 is 2.20 bits per heavy atom. The predicted molar refractivity (Wildman–Crippen MR) is 164 cm³/mol. The van der Waals surface area contributed by atoms with Gasteiger partial charge in [-0.05, 0) is 73.9 Å². The van der Waals surface area contributed by atoms with Gasteiger partial charge in [0.05, 0.1) is 18.6 Å². The minimum atomic E-state index is -4.53. The lowest BCUT2D eigenvalue weighted by Gasteiger charge is -2.39. The number of hydrogen-bond donors (Lipinski definition) is 1. The topological polar surface area (TPSA) is 90.4 Å². The van der Waals surface area contributed by atoms with Crippen LogP contribution in [0.5, 0.6) is 5.75 Å². The van der Waals surface area contributed by atoms with Gasteiger partial charge in [-0.25, -0.2) is 4.39 Å². The van der Waals surface area contributed by atoms with Crippen LogP contribution in [-0.2, 0) is 20.6 Å². The number of carbonyl (C=O) groups is 3. The number of rotatable bonds is 9. The number of piperidine rings is 2. The van der Waals surface area contributed by atoms with Crippen LogP contribution in [0.4, 0.5) is 23.2 Å². The fraction of sp³-hybridized carbons (Fsp3) is 0.559. The van der Waals surface area contributed by atoms with E-state index in [0.717, 1.165) is 17.7 Å². The lowest BCUT2D eigenvalue weighted by atomic mass is 9.83. The minimum Gasteiger partial charge on any atom is -0.497 e. The standard InChI is InChI=1S/C34H41F4N3O5/c1-22(42)9-14-39-20-29(24-3-6-27(46-2)7-4-24)33(35,21-39)32(45)41-17-10-23(11-18-41)28-8-5-26(34(36,37)38)19-30(28)40-15-12-25(13-16-40)31(43)44/h3-8,19,23,25,29H,9-18,20-21H2,1-2H3,(H,43,44)/t29?,33-/m0/s1. The Hall–Kier alpha value is -3.67. The van der Waals surface area contributed by atoms with Gasteiger partial charge in [-0.3, -0.25) is 19.3 Å². The Kier molecular flexibility index (Phi) is 9.95. The minimum absolute atomic E-state index is 0.0142. The second-order valence-corrected chi connectivity index (χ2v) is 12.8. The lowest BCUT2D eigenvalue weighted by molar-refractivity contribution is -0.145. The molecule has 46 heavy (non-hydrogen) atoms. The second kappa shape index (κ2) is 13.6. The molecule has 12 heteroatoms. The Bertz CT molecular complexity index is 1420. The normalized spacial score (nSPS) is 23.5. The third-order valence-electron chi connectivity index (χ3n) is 9.87. The molecular formula is C34H41F4N3O5. The average molecular weight is 648 g/mol. The van der Waals surface area contributed by atoms with Gasteiger partial charge in [-0.15, -0.1) is 0 Å². The number of methoxy groups -OCH3 is 1. The van der Waals surface area contributed by atoms with Crippen LogP contribution < -0.4 is 9.64 Å². The van der Waals surface area contributed by atoms with E-state index in [4.69, 9.17) is 4.74 Å². The van der Waals surface area contributed by atoms with Crippen molar-refractivity contribution in [3.8, 4) is 5.75 Å². The first kappa shape index (κ1) is 33.7. The highest BCUT2D eigenvalue weighted by molar-refractivity contribution is 5.87. The van der Waals surface area contributed by atoms with Crippen LogP contribution >= 0.6 is 0 Å². The Labute approximate surface area is 266 Å². The van der Waals surface area contributed by atoms with E-state index in [-0.39, 0.29) is 44.3 Å². The van der Waals surface area contributed by atoms with Gasteiger partial charge in [-0.2, -0.15) is 13.2 Å². The number of alkyl halides is 4. The largest absolute Gasteiger partial charge is 0.497 e. The van der Waals surface area contributed by atoms with E-state index < -0.39 is 41.1 Å². The van der Waals surface area contributed by atoms with Crippen molar-refractivity contribution in [1.29, 1.82) is 0 Å². The molecule has 3 heterocycles. The number of likely N-dealkylation sites (tertiary alicyclic amines) is 2. The summed E-state index contributed by atoms with van der Waals surface area (Å²) < 4.78 is 63.4. The molecule has 0 bridgehead atoms. The number of aliphatic carboxylic acids is 1. The zero-order valence-electron chi connectivity index (χ0n) is 26.2. The highest BCUT2D eigenvalue weighted by Crippen LogP contribution is 2.44. The Balaban J connectivity index is 1.34. The summed E-state index contributed by atoms with van der Waals surface area (Å²) in [5.41, 5.74) is -1.14. The summed E-state index contributed by atoms with van der Waals surface area (Å²) in [6.07, 6.45) is -2.68.